The average Bonchev–Trinajstić information content (AvgIpc) is 2.12. The van der Waals surface area contributed by atoms with E-state index in [0.29, 0.717) is 6.42 Å². The number of hydrogen-bond acceptors (Lipinski definition) is 3. The van der Waals surface area contributed by atoms with Crippen LogP contribution >= 0.6 is 0 Å². The molecule has 0 saturated heterocycles. The standard InChI is InChI=1S/C9H16N2O4/c1-2-3-4-8(13)11-6(9(14)15)5-7(10)12/h6H,2-5H2,1H3,(H2,10,12)(H,11,13)(H,14,15)/t6-/m1/s1. The molecule has 0 aliphatic rings. The predicted molar refractivity (Wildman–Crippen MR) is 52.9 cm³/mol. The van der Waals surface area contributed by atoms with Crippen molar-refractivity contribution in [2.75, 3.05) is 0 Å². The number of hydrogen-bond donors (Lipinski definition) is 3. The topological polar surface area (TPSA) is 109 Å². The lowest BCUT2D eigenvalue weighted by molar-refractivity contribution is -0.143. The molecule has 0 aromatic heterocycles. The number of carbonyl (C=O) groups is 3. The molecule has 0 bridgehead atoms. The van der Waals surface area contributed by atoms with Crippen LogP contribution < -0.4 is 11.1 Å². The number of nitrogens with two attached hydrogens (primary N) is 1. The molecule has 4 N–H and O–H groups in total. The van der Waals surface area contributed by atoms with E-state index in [-0.39, 0.29) is 18.7 Å². The Balaban J connectivity index is 4.10. The summed E-state index contributed by atoms with van der Waals surface area (Å²) in [5, 5.41) is 10.9. The van der Waals surface area contributed by atoms with Crippen molar-refractivity contribution < 1.29 is 19.5 Å². The molecule has 0 spiro atoms. The highest BCUT2D eigenvalue weighted by atomic mass is 16.4. The zero-order valence-electron chi connectivity index (χ0n) is 8.66. The van der Waals surface area contributed by atoms with Gasteiger partial charge in [-0.05, 0) is 6.42 Å². The highest BCUT2D eigenvalue weighted by Crippen LogP contribution is 1.97. The fourth-order valence-corrected chi connectivity index (χ4v) is 1.01. The van der Waals surface area contributed by atoms with E-state index in [4.69, 9.17) is 10.8 Å². The minimum Gasteiger partial charge on any atom is -0.480 e. The smallest absolute Gasteiger partial charge is 0.326 e. The zero-order valence-corrected chi connectivity index (χ0v) is 8.66. The van der Waals surface area contributed by atoms with E-state index < -0.39 is 17.9 Å². The van der Waals surface area contributed by atoms with Crippen LogP contribution in [-0.4, -0.2) is 28.9 Å². The maximum Gasteiger partial charge on any atom is 0.326 e. The van der Waals surface area contributed by atoms with Crippen LogP contribution in [0, 0.1) is 0 Å². The third kappa shape index (κ3) is 6.48. The molecular weight excluding hydrogens is 200 g/mol. The molecule has 0 aromatic rings. The average molecular weight is 216 g/mol. The SMILES string of the molecule is CCCCC(=O)N[C@H](CC(N)=O)C(=O)O. The fourth-order valence-electron chi connectivity index (χ4n) is 1.01. The van der Waals surface area contributed by atoms with Crippen molar-refractivity contribution >= 4 is 17.8 Å². The Kier molecular flexibility index (Phi) is 6.08. The molecule has 0 unspecified atom stereocenters. The third-order valence-corrected chi connectivity index (χ3v) is 1.80. The highest BCUT2D eigenvalue weighted by Gasteiger charge is 2.21. The van der Waals surface area contributed by atoms with Crippen LogP contribution in [0.3, 0.4) is 0 Å². The Morgan fingerprint density at radius 1 is 1.40 bits per heavy atom. The van der Waals surface area contributed by atoms with E-state index in [1.807, 2.05) is 6.92 Å². The lowest BCUT2D eigenvalue weighted by Gasteiger charge is -2.12. The summed E-state index contributed by atoms with van der Waals surface area (Å²) in [6.45, 7) is 1.92. The number of amides is 2. The van der Waals surface area contributed by atoms with Crippen molar-refractivity contribution in [3.05, 3.63) is 0 Å². The second kappa shape index (κ2) is 6.80. The monoisotopic (exact) mass is 216 g/mol. The van der Waals surface area contributed by atoms with Crippen LogP contribution in [0.2, 0.25) is 0 Å². The van der Waals surface area contributed by atoms with Crippen LogP contribution in [0.1, 0.15) is 32.6 Å². The molecule has 15 heavy (non-hydrogen) atoms. The van der Waals surface area contributed by atoms with Gasteiger partial charge in [0.05, 0.1) is 6.42 Å². The van der Waals surface area contributed by atoms with E-state index in [1.165, 1.54) is 0 Å². The number of carboxylic acids is 1. The Morgan fingerprint density at radius 2 is 2.00 bits per heavy atom. The first-order valence-electron chi connectivity index (χ1n) is 4.77. The van der Waals surface area contributed by atoms with Gasteiger partial charge in [-0.2, -0.15) is 0 Å². The van der Waals surface area contributed by atoms with Gasteiger partial charge in [-0.3, -0.25) is 9.59 Å². The number of carboxylic acid groups (broad SMARTS) is 1. The number of carbonyl (C=O) groups excluding carboxylic acids is 2. The lowest BCUT2D eigenvalue weighted by Crippen LogP contribution is -2.43. The van der Waals surface area contributed by atoms with Crippen molar-refractivity contribution in [1.82, 2.24) is 5.32 Å². The van der Waals surface area contributed by atoms with Crippen LogP contribution in [0.4, 0.5) is 0 Å². The molecule has 0 radical (unpaired) electrons. The summed E-state index contributed by atoms with van der Waals surface area (Å²) in [6, 6.07) is -1.22. The zero-order chi connectivity index (χ0) is 11.8. The van der Waals surface area contributed by atoms with Gasteiger partial charge in [-0.1, -0.05) is 13.3 Å². The summed E-state index contributed by atoms with van der Waals surface area (Å²) >= 11 is 0. The molecule has 0 aliphatic heterocycles. The van der Waals surface area contributed by atoms with Gasteiger partial charge in [0.1, 0.15) is 6.04 Å². The molecule has 2 amide bonds. The number of unbranched alkanes of at least 4 members (excludes halogenated alkanes) is 1. The fraction of sp³-hybridized carbons (Fsp3) is 0.667. The molecule has 6 nitrogen and oxygen atoms in total. The maximum absolute atomic E-state index is 11.2. The maximum atomic E-state index is 11.2. The Bertz CT molecular complexity index is 252. The van der Waals surface area contributed by atoms with E-state index >= 15 is 0 Å². The molecule has 86 valence electrons. The molecule has 0 aliphatic carbocycles. The first-order chi connectivity index (χ1) is 6.97. The van der Waals surface area contributed by atoms with E-state index in [2.05, 4.69) is 5.32 Å². The molecule has 0 rings (SSSR count). The summed E-state index contributed by atoms with van der Waals surface area (Å²) in [5.41, 5.74) is 4.85. The number of primary amides is 1. The van der Waals surface area contributed by atoms with Crippen molar-refractivity contribution in [1.29, 1.82) is 0 Å². The first-order valence-corrected chi connectivity index (χ1v) is 4.77. The van der Waals surface area contributed by atoms with Gasteiger partial charge in [0.15, 0.2) is 0 Å². The Hall–Kier alpha value is -1.59. The van der Waals surface area contributed by atoms with Crippen LogP contribution in [0.15, 0.2) is 0 Å². The van der Waals surface area contributed by atoms with Gasteiger partial charge in [-0.25, -0.2) is 4.79 Å². The second-order valence-electron chi connectivity index (χ2n) is 3.23. The third-order valence-electron chi connectivity index (χ3n) is 1.80. The summed E-state index contributed by atoms with van der Waals surface area (Å²) in [7, 11) is 0. The summed E-state index contributed by atoms with van der Waals surface area (Å²) < 4.78 is 0. The van der Waals surface area contributed by atoms with Gasteiger partial charge < -0.3 is 16.2 Å². The number of aliphatic carboxylic acids is 1. The van der Waals surface area contributed by atoms with Crippen LogP contribution in [0.5, 0.6) is 0 Å². The molecular formula is C9H16N2O4. The van der Waals surface area contributed by atoms with Gasteiger partial charge in [0.2, 0.25) is 11.8 Å². The van der Waals surface area contributed by atoms with Crippen LogP contribution in [0.25, 0.3) is 0 Å². The number of nitrogens with one attached hydrogen (secondary N) is 1. The van der Waals surface area contributed by atoms with Gasteiger partial charge >= 0.3 is 5.97 Å². The molecule has 0 heterocycles. The second-order valence-corrected chi connectivity index (χ2v) is 3.23. The molecule has 0 fully saturated rings. The van der Waals surface area contributed by atoms with Crippen molar-refractivity contribution in [3.63, 3.8) is 0 Å². The predicted octanol–water partition coefficient (Wildman–Crippen LogP) is -0.379. The van der Waals surface area contributed by atoms with E-state index in [0.717, 1.165) is 6.42 Å². The van der Waals surface area contributed by atoms with Gasteiger partial charge in [0.25, 0.3) is 0 Å². The first kappa shape index (κ1) is 13.4. The lowest BCUT2D eigenvalue weighted by atomic mass is 10.2. The van der Waals surface area contributed by atoms with Crippen molar-refractivity contribution in [2.45, 2.75) is 38.6 Å². The summed E-state index contributed by atoms with van der Waals surface area (Å²) in [4.78, 5) is 32.3. The largest absolute Gasteiger partial charge is 0.480 e. The minimum atomic E-state index is -1.25. The van der Waals surface area contributed by atoms with Gasteiger partial charge in [-0.15, -0.1) is 0 Å². The molecule has 0 aromatic carbocycles. The Morgan fingerprint density at radius 3 is 2.40 bits per heavy atom. The van der Waals surface area contributed by atoms with E-state index in [9.17, 15) is 14.4 Å². The Labute approximate surface area is 87.8 Å². The minimum absolute atomic E-state index is 0.263. The van der Waals surface area contributed by atoms with Gasteiger partial charge in [0, 0.05) is 6.42 Å². The molecule has 1 atom stereocenters. The summed E-state index contributed by atoms with van der Waals surface area (Å²) in [6.07, 6.45) is 1.42. The normalized spacial score (nSPS) is 11.8. The highest BCUT2D eigenvalue weighted by molar-refractivity contribution is 5.88. The van der Waals surface area contributed by atoms with Crippen molar-refractivity contribution in [2.24, 2.45) is 5.73 Å². The van der Waals surface area contributed by atoms with Crippen molar-refractivity contribution in [3.8, 4) is 0 Å². The van der Waals surface area contributed by atoms with E-state index in [1.54, 1.807) is 0 Å². The number of rotatable bonds is 7. The molecule has 0 saturated carbocycles. The summed E-state index contributed by atoms with van der Waals surface area (Å²) in [5.74, 6) is -2.37. The molecule has 6 heteroatoms. The van der Waals surface area contributed by atoms with Crippen LogP contribution in [-0.2, 0) is 14.4 Å². The quantitative estimate of drug-likeness (QED) is 0.538.